The Hall–Kier alpha value is -1.93. The van der Waals surface area contributed by atoms with Crippen molar-refractivity contribution in [2.24, 2.45) is 12.8 Å². The lowest BCUT2D eigenvalue weighted by molar-refractivity contribution is 0.0766. The molecule has 2 N–H and O–H groups in total. The molecule has 2 aromatic heterocycles. The zero-order valence-electron chi connectivity index (χ0n) is 14.9. The van der Waals surface area contributed by atoms with Gasteiger partial charge in [-0.15, -0.1) is 36.2 Å². The predicted molar refractivity (Wildman–Crippen MR) is 114 cm³/mol. The average molecular weight is 428 g/mol. The van der Waals surface area contributed by atoms with Crippen LogP contribution in [0.5, 0.6) is 0 Å². The van der Waals surface area contributed by atoms with Crippen molar-refractivity contribution in [2.75, 3.05) is 19.6 Å². The second-order valence-corrected chi connectivity index (χ2v) is 6.78. The van der Waals surface area contributed by atoms with Gasteiger partial charge in [0.1, 0.15) is 9.88 Å². The van der Waals surface area contributed by atoms with E-state index in [4.69, 9.17) is 5.73 Å². The fourth-order valence-electron chi connectivity index (χ4n) is 2.57. The molecular weight excluding hydrogens is 405 g/mol. The summed E-state index contributed by atoms with van der Waals surface area (Å²) >= 11 is 1.39. The molecule has 146 valence electrons. The van der Waals surface area contributed by atoms with Crippen LogP contribution in [0.2, 0.25) is 0 Å². The van der Waals surface area contributed by atoms with E-state index in [2.05, 4.69) is 22.2 Å². The number of halogens is 2. The van der Waals surface area contributed by atoms with Crippen LogP contribution in [0, 0.1) is 0 Å². The molecule has 6 nitrogen and oxygen atoms in total. The number of hydrogen-bond donors (Lipinski definition) is 1. The standard InChI is InChI=1S/C18H21N5OS.2ClH/c1-22-13-15(11-21-22)17-20-12-16(25-17)18(24)23(10-8-19)9-7-14-5-3-2-4-6-14;;/h2-6,11-13H,7-10,19H2,1H3;2*1H. The second-order valence-electron chi connectivity index (χ2n) is 5.75. The average Bonchev–Trinajstić information content (AvgIpc) is 3.28. The third-order valence-electron chi connectivity index (χ3n) is 3.87. The van der Waals surface area contributed by atoms with Crippen molar-refractivity contribution in [2.45, 2.75) is 6.42 Å². The Kier molecular flexibility index (Phi) is 9.45. The Balaban J connectivity index is 0.00000182. The van der Waals surface area contributed by atoms with Crippen molar-refractivity contribution in [1.29, 1.82) is 0 Å². The van der Waals surface area contributed by atoms with Crippen molar-refractivity contribution in [1.82, 2.24) is 19.7 Å². The number of aromatic nitrogens is 3. The monoisotopic (exact) mass is 427 g/mol. The maximum atomic E-state index is 12.8. The highest BCUT2D eigenvalue weighted by molar-refractivity contribution is 7.16. The summed E-state index contributed by atoms with van der Waals surface area (Å²) in [6.45, 7) is 1.61. The number of rotatable bonds is 7. The molecule has 27 heavy (non-hydrogen) atoms. The van der Waals surface area contributed by atoms with Gasteiger partial charge in [-0.25, -0.2) is 4.98 Å². The van der Waals surface area contributed by atoms with Gasteiger partial charge in [0, 0.05) is 38.4 Å². The molecule has 0 bridgehead atoms. The second kappa shape index (κ2) is 11.0. The Morgan fingerprint density at radius 3 is 2.56 bits per heavy atom. The first-order valence-electron chi connectivity index (χ1n) is 8.15. The highest BCUT2D eigenvalue weighted by Crippen LogP contribution is 2.25. The smallest absolute Gasteiger partial charge is 0.265 e. The number of nitrogens with two attached hydrogens (primary N) is 1. The van der Waals surface area contributed by atoms with Crippen molar-refractivity contribution >= 4 is 42.1 Å². The van der Waals surface area contributed by atoms with Gasteiger partial charge in [0.05, 0.1) is 12.4 Å². The fraction of sp³-hybridized carbons (Fsp3) is 0.278. The van der Waals surface area contributed by atoms with Crippen LogP contribution in [0.1, 0.15) is 15.2 Å². The van der Waals surface area contributed by atoms with E-state index >= 15 is 0 Å². The minimum atomic E-state index is -0.0194. The molecule has 0 unspecified atom stereocenters. The molecule has 0 fully saturated rings. The minimum Gasteiger partial charge on any atom is -0.336 e. The van der Waals surface area contributed by atoms with Crippen LogP contribution in [0.3, 0.4) is 0 Å². The lowest BCUT2D eigenvalue weighted by Gasteiger charge is -2.21. The van der Waals surface area contributed by atoms with Crippen LogP contribution < -0.4 is 5.73 Å². The van der Waals surface area contributed by atoms with Gasteiger partial charge < -0.3 is 10.6 Å². The first-order chi connectivity index (χ1) is 12.2. The molecule has 9 heteroatoms. The quantitative estimate of drug-likeness (QED) is 0.628. The molecule has 0 saturated carbocycles. The minimum absolute atomic E-state index is 0. The summed E-state index contributed by atoms with van der Waals surface area (Å²) in [5.74, 6) is -0.0194. The highest BCUT2D eigenvalue weighted by atomic mass is 35.5. The zero-order valence-corrected chi connectivity index (χ0v) is 17.4. The zero-order chi connectivity index (χ0) is 17.6. The van der Waals surface area contributed by atoms with Crippen molar-refractivity contribution < 1.29 is 4.79 Å². The maximum absolute atomic E-state index is 12.8. The normalized spacial score (nSPS) is 10.0. The van der Waals surface area contributed by atoms with Crippen molar-refractivity contribution in [3.05, 3.63) is 59.4 Å². The predicted octanol–water partition coefficient (Wildman–Crippen LogP) is 3.03. The molecule has 0 aliphatic heterocycles. The summed E-state index contributed by atoms with van der Waals surface area (Å²) in [7, 11) is 1.86. The van der Waals surface area contributed by atoms with Gasteiger partial charge in [-0.2, -0.15) is 5.10 Å². The first kappa shape index (κ1) is 23.1. The largest absolute Gasteiger partial charge is 0.336 e. The lowest BCUT2D eigenvalue weighted by atomic mass is 10.1. The summed E-state index contributed by atoms with van der Waals surface area (Å²) in [5.41, 5.74) is 7.82. The molecular formula is C18H23Cl2N5OS. The van der Waals surface area contributed by atoms with Crippen LogP contribution in [-0.2, 0) is 13.5 Å². The molecule has 0 aliphatic rings. The fourth-order valence-corrected chi connectivity index (χ4v) is 3.43. The molecule has 0 atom stereocenters. The number of benzene rings is 1. The van der Waals surface area contributed by atoms with Crippen molar-refractivity contribution in [3.63, 3.8) is 0 Å². The molecule has 0 radical (unpaired) electrons. The number of amides is 1. The van der Waals surface area contributed by atoms with Crippen LogP contribution in [0.15, 0.2) is 48.9 Å². The van der Waals surface area contributed by atoms with Crippen molar-refractivity contribution in [3.8, 4) is 10.6 Å². The molecule has 3 rings (SSSR count). The van der Waals surface area contributed by atoms with E-state index < -0.39 is 0 Å². The van der Waals surface area contributed by atoms with Gasteiger partial charge in [0.25, 0.3) is 5.91 Å². The molecule has 1 aromatic carbocycles. The molecule has 3 aromatic rings. The van der Waals surface area contributed by atoms with Crippen LogP contribution in [0.25, 0.3) is 10.6 Å². The van der Waals surface area contributed by atoms with E-state index in [9.17, 15) is 4.79 Å². The van der Waals surface area contributed by atoms with Crippen LogP contribution in [0.4, 0.5) is 0 Å². The number of aryl methyl sites for hydroxylation is 1. The Bertz CT molecular complexity index is 837. The van der Waals surface area contributed by atoms with E-state index in [1.165, 1.54) is 16.9 Å². The van der Waals surface area contributed by atoms with E-state index in [1.807, 2.05) is 31.4 Å². The Labute approximate surface area is 175 Å². The van der Waals surface area contributed by atoms with Gasteiger partial charge in [-0.05, 0) is 12.0 Å². The van der Waals surface area contributed by atoms with E-state index in [0.717, 1.165) is 17.0 Å². The topological polar surface area (TPSA) is 77.0 Å². The van der Waals surface area contributed by atoms with Gasteiger partial charge in [0.2, 0.25) is 0 Å². The molecule has 0 saturated heterocycles. The number of carbonyl (C=O) groups is 1. The summed E-state index contributed by atoms with van der Waals surface area (Å²) in [4.78, 5) is 19.6. The van der Waals surface area contributed by atoms with E-state index in [0.29, 0.717) is 24.5 Å². The third kappa shape index (κ3) is 6.04. The molecule has 0 spiro atoms. The van der Waals surface area contributed by atoms with E-state index in [1.54, 1.807) is 22.0 Å². The summed E-state index contributed by atoms with van der Waals surface area (Å²) < 4.78 is 1.72. The maximum Gasteiger partial charge on any atom is 0.265 e. The Morgan fingerprint density at radius 2 is 1.93 bits per heavy atom. The van der Waals surface area contributed by atoms with Gasteiger partial charge in [-0.3, -0.25) is 9.48 Å². The number of nitrogens with zero attached hydrogens (tertiary/aromatic N) is 4. The number of hydrogen-bond acceptors (Lipinski definition) is 5. The van der Waals surface area contributed by atoms with E-state index in [-0.39, 0.29) is 30.7 Å². The Morgan fingerprint density at radius 1 is 1.19 bits per heavy atom. The van der Waals surface area contributed by atoms with Crippen LogP contribution >= 0.6 is 36.2 Å². The number of thiazole rings is 1. The highest BCUT2D eigenvalue weighted by Gasteiger charge is 2.19. The number of carbonyl (C=O) groups excluding carboxylic acids is 1. The van der Waals surface area contributed by atoms with Gasteiger partial charge >= 0.3 is 0 Å². The third-order valence-corrected chi connectivity index (χ3v) is 4.90. The van der Waals surface area contributed by atoms with Crippen LogP contribution in [-0.4, -0.2) is 45.2 Å². The molecule has 1 amide bonds. The summed E-state index contributed by atoms with van der Waals surface area (Å²) in [5, 5.41) is 4.94. The molecule has 2 heterocycles. The van der Waals surface area contributed by atoms with Gasteiger partial charge in [-0.1, -0.05) is 30.3 Å². The first-order valence-corrected chi connectivity index (χ1v) is 8.97. The SMILES string of the molecule is Cl.Cl.Cn1cc(-c2ncc(C(=O)N(CCN)CCc3ccccc3)s2)cn1. The summed E-state index contributed by atoms with van der Waals surface area (Å²) in [6, 6.07) is 10.1. The molecule has 0 aliphatic carbocycles. The summed E-state index contributed by atoms with van der Waals surface area (Å²) in [6.07, 6.45) is 6.09. The van der Waals surface area contributed by atoms with Gasteiger partial charge in [0.15, 0.2) is 0 Å². The lowest BCUT2D eigenvalue weighted by Crippen LogP contribution is -2.36.